The molecule has 0 bridgehead atoms. The van der Waals surface area contributed by atoms with Crippen LogP contribution < -0.4 is 10.3 Å². The smallest absolute Gasteiger partial charge is 0.328 e. The first-order chi connectivity index (χ1) is 10.0. The van der Waals surface area contributed by atoms with Gasteiger partial charge in [0.15, 0.2) is 0 Å². The van der Waals surface area contributed by atoms with Crippen molar-refractivity contribution < 1.29 is 9.53 Å². The number of rotatable bonds is 7. The van der Waals surface area contributed by atoms with Crippen molar-refractivity contribution in [2.24, 2.45) is 5.92 Å². The maximum atomic E-state index is 12.5. The lowest BCUT2D eigenvalue weighted by Gasteiger charge is -2.20. The average molecular weight is 310 g/mol. The number of nitrogens with zero attached hydrogens (tertiary/aromatic N) is 1. The summed E-state index contributed by atoms with van der Waals surface area (Å²) in [5, 5.41) is 0.602. The van der Waals surface area contributed by atoms with E-state index in [2.05, 4.69) is 4.72 Å². The molecule has 0 amide bonds. The number of hydrogen-bond acceptors (Lipinski definition) is 5. The molecule has 116 valence electrons. The summed E-state index contributed by atoms with van der Waals surface area (Å²) in [7, 11) is 1.35. The van der Waals surface area contributed by atoms with E-state index in [4.69, 9.17) is 4.74 Å². The highest BCUT2D eigenvalue weighted by atomic mass is 32.2. The second-order valence-electron chi connectivity index (χ2n) is 5.72. The SMILES string of the molecule is COC(=O)[C@H](CC(C)C)n1cccc(NSC2CC2)c1=O. The van der Waals surface area contributed by atoms with Gasteiger partial charge in [-0.25, -0.2) is 4.79 Å². The summed E-state index contributed by atoms with van der Waals surface area (Å²) in [5.41, 5.74) is 0.341. The fourth-order valence-corrected chi connectivity index (χ4v) is 2.89. The van der Waals surface area contributed by atoms with Gasteiger partial charge < -0.3 is 9.46 Å². The van der Waals surface area contributed by atoms with Crippen LogP contribution in [0.15, 0.2) is 23.1 Å². The molecule has 5 nitrogen and oxygen atoms in total. The Labute approximate surface area is 129 Å². The van der Waals surface area contributed by atoms with E-state index in [1.165, 1.54) is 24.5 Å². The van der Waals surface area contributed by atoms with Crippen molar-refractivity contribution in [2.75, 3.05) is 11.8 Å². The standard InChI is InChI=1S/C15H22N2O3S/c1-10(2)9-13(15(19)20-3)17-8-4-5-12(14(17)18)16-21-11-6-7-11/h4-5,8,10-11,13,16H,6-7,9H2,1-3H3/t13-/m0/s1. The molecule has 1 saturated carbocycles. The number of methoxy groups -OCH3 is 1. The number of esters is 1. The van der Waals surface area contributed by atoms with E-state index in [0.717, 1.165) is 0 Å². The van der Waals surface area contributed by atoms with Crippen LogP contribution in [0, 0.1) is 5.92 Å². The Bertz CT molecular complexity index is 552. The second kappa shape index (κ2) is 7.02. The number of hydrogen-bond donors (Lipinski definition) is 1. The van der Waals surface area contributed by atoms with Gasteiger partial charge in [0.25, 0.3) is 5.56 Å². The van der Waals surface area contributed by atoms with Crippen molar-refractivity contribution >= 4 is 23.6 Å². The third-order valence-corrected chi connectivity index (χ3v) is 4.48. The first-order valence-electron chi connectivity index (χ1n) is 7.23. The fraction of sp³-hybridized carbons (Fsp3) is 0.600. The molecule has 0 radical (unpaired) electrons. The molecule has 21 heavy (non-hydrogen) atoms. The van der Waals surface area contributed by atoms with Gasteiger partial charge in [0.1, 0.15) is 11.7 Å². The molecule has 1 aliphatic rings. The summed E-state index contributed by atoms with van der Waals surface area (Å²) < 4.78 is 9.43. The van der Waals surface area contributed by atoms with Gasteiger partial charge in [-0.2, -0.15) is 0 Å². The van der Waals surface area contributed by atoms with Crippen LogP contribution in [0.3, 0.4) is 0 Å². The van der Waals surface area contributed by atoms with Crippen LogP contribution in [-0.4, -0.2) is 22.9 Å². The van der Waals surface area contributed by atoms with E-state index in [0.29, 0.717) is 23.3 Å². The first-order valence-corrected chi connectivity index (χ1v) is 8.11. The lowest BCUT2D eigenvalue weighted by Crippen LogP contribution is -2.32. The Balaban J connectivity index is 2.24. The number of carbonyl (C=O) groups excluding carboxylic acids is 1. The van der Waals surface area contributed by atoms with Gasteiger partial charge in [-0.3, -0.25) is 9.36 Å². The number of pyridine rings is 1. The Morgan fingerprint density at radius 1 is 1.52 bits per heavy atom. The molecule has 0 saturated heterocycles. The summed E-state index contributed by atoms with van der Waals surface area (Å²) in [4.78, 5) is 24.5. The molecule has 0 aromatic carbocycles. The molecule has 0 unspecified atom stereocenters. The molecule has 2 rings (SSSR count). The van der Waals surface area contributed by atoms with Gasteiger partial charge in [0.05, 0.1) is 7.11 Å². The topological polar surface area (TPSA) is 60.3 Å². The van der Waals surface area contributed by atoms with Crippen molar-refractivity contribution in [1.29, 1.82) is 0 Å². The molecule has 0 spiro atoms. The van der Waals surface area contributed by atoms with E-state index in [-0.39, 0.29) is 11.5 Å². The number of ether oxygens (including phenoxy) is 1. The highest BCUT2D eigenvalue weighted by molar-refractivity contribution is 8.01. The summed E-state index contributed by atoms with van der Waals surface area (Å²) in [6.45, 7) is 4.04. The first kappa shape index (κ1) is 15.9. The van der Waals surface area contributed by atoms with E-state index in [9.17, 15) is 9.59 Å². The molecule has 1 aliphatic carbocycles. The van der Waals surface area contributed by atoms with Gasteiger partial charge in [0.2, 0.25) is 0 Å². The molecule has 1 atom stereocenters. The molecule has 1 heterocycles. The minimum Gasteiger partial charge on any atom is -0.467 e. The Morgan fingerprint density at radius 2 is 2.24 bits per heavy atom. The summed E-state index contributed by atoms with van der Waals surface area (Å²) in [6.07, 6.45) is 4.61. The molecule has 1 aromatic rings. The van der Waals surface area contributed by atoms with Gasteiger partial charge >= 0.3 is 5.97 Å². The van der Waals surface area contributed by atoms with Crippen molar-refractivity contribution in [3.8, 4) is 0 Å². The lowest BCUT2D eigenvalue weighted by molar-refractivity contribution is -0.145. The monoisotopic (exact) mass is 310 g/mol. The third-order valence-electron chi connectivity index (χ3n) is 3.34. The zero-order valence-corrected chi connectivity index (χ0v) is 13.5. The number of aromatic nitrogens is 1. The normalized spacial score (nSPS) is 15.8. The quantitative estimate of drug-likeness (QED) is 0.620. The number of carbonyl (C=O) groups is 1. The molecule has 1 N–H and O–H groups in total. The maximum absolute atomic E-state index is 12.5. The average Bonchev–Trinajstić information content (AvgIpc) is 3.27. The van der Waals surface area contributed by atoms with E-state index in [1.54, 1.807) is 30.3 Å². The van der Waals surface area contributed by atoms with Crippen molar-refractivity contribution in [3.63, 3.8) is 0 Å². The number of anilines is 1. The van der Waals surface area contributed by atoms with Crippen LogP contribution in [0.4, 0.5) is 5.69 Å². The number of nitrogens with one attached hydrogen (secondary N) is 1. The van der Waals surface area contributed by atoms with Gasteiger partial charge in [-0.1, -0.05) is 13.8 Å². The maximum Gasteiger partial charge on any atom is 0.328 e. The van der Waals surface area contributed by atoms with Crippen LogP contribution in [0.5, 0.6) is 0 Å². The van der Waals surface area contributed by atoms with Crippen LogP contribution >= 0.6 is 11.9 Å². The van der Waals surface area contributed by atoms with Gasteiger partial charge in [0, 0.05) is 11.4 Å². The summed E-state index contributed by atoms with van der Waals surface area (Å²) >= 11 is 1.58. The third kappa shape index (κ3) is 4.27. The fourth-order valence-electron chi connectivity index (χ4n) is 2.07. The summed E-state index contributed by atoms with van der Waals surface area (Å²) in [6, 6.07) is 2.96. The van der Waals surface area contributed by atoms with E-state index >= 15 is 0 Å². The largest absolute Gasteiger partial charge is 0.467 e. The molecular formula is C15H22N2O3S. The van der Waals surface area contributed by atoms with Crippen LogP contribution in [0.2, 0.25) is 0 Å². The minimum atomic E-state index is -0.574. The Kier molecular flexibility index (Phi) is 5.33. The van der Waals surface area contributed by atoms with Crippen LogP contribution in [0.25, 0.3) is 0 Å². The second-order valence-corrected chi connectivity index (χ2v) is 6.83. The predicted octanol–water partition coefficient (Wildman–Crippen LogP) is 2.83. The summed E-state index contributed by atoms with van der Waals surface area (Å²) in [5.74, 6) is -0.0868. The zero-order chi connectivity index (χ0) is 15.4. The predicted molar refractivity (Wildman–Crippen MR) is 85.4 cm³/mol. The van der Waals surface area contributed by atoms with Crippen molar-refractivity contribution in [1.82, 2.24) is 4.57 Å². The molecule has 1 fully saturated rings. The van der Waals surface area contributed by atoms with Crippen molar-refractivity contribution in [3.05, 3.63) is 28.7 Å². The van der Waals surface area contributed by atoms with E-state index < -0.39 is 6.04 Å². The molecule has 1 aromatic heterocycles. The Morgan fingerprint density at radius 3 is 2.81 bits per heavy atom. The molecular weight excluding hydrogens is 288 g/mol. The zero-order valence-electron chi connectivity index (χ0n) is 12.7. The lowest BCUT2D eigenvalue weighted by atomic mass is 10.0. The van der Waals surface area contributed by atoms with Gasteiger partial charge in [-0.05, 0) is 49.3 Å². The molecule has 0 aliphatic heterocycles. The van der Waals surface area contributed by atoms with E-state index in [1.807, 2.05) is 13.8 Å². The van der Waals surface area contributed by atoms with Crippen molar-refractivity contribution in [2.45, 2.75) is 44.4 Å². The minimum absolute atomic E-state index is 0.179. The van der Waals surface area contributed by atoms with Gasteiger partial charge in [-0.15, -0.1) is 0 Å². The highest BCUT2D eigenvalue weighted by Gasteiger charge is 2.25. The Hall–Kier alpha value is -1.43. The van der Waals surface area contributed by atoms with Crippen LogP contribution in [-0.2, 0) is 9.53 Å². The van der Waals surface area contributed by atoms with Crippen LogP contribution in [0.1, 0.15) is 39.2 Å². The molecule has 6 heteroatoms. The highest BCUT2D eigenvalue weighted by Crippen LogP contribution is 2.33.